The van der Waals surface area contributed by atoms with Gasteiger partial charge in [0.05, 0.1) is 6.10 Å². The Hall–Kier alpha value is 0.540. The Morgan fingerprint density at radius 1 is 1.38 bits per heavy atom. The Labute approximate surface area is 90.7 Å². The van der Waals surface area contributed by atoms with Crippen molar-refractivity contribution in [3.05, 3.63) is 0 Å². The molecule has 0 aromatic carbocycles. The third kappa shape index (κ3) is 3.00. The van der Waals surface area contributed by atoms with Crippen molar-refractivity contribution >= 4 is 23.2 Å². The van der Waals surface area contributed by atoms with Crippen LogP contribution in [0.1, 0.15) is 32.6 Å². The van der Waals surface area contributed by atoms with E-state index in [1.807, 2.05) is 0 Å². The first-order valence-corrected chi connectivity index (χ1v) is 6.07. The van der Waals surface area contributed by atoms with Gasteiger partial charge in [0.2, 0.25) is 0 Å². The first kappa shape index (κ1) is 11.6. The Morgan fingerprint density at radius 3 is 2.46 bits per heavy atom. The zero-order valence-electron chi connectivity index (χ0n) is 8.19. The monoisotopic (exact) mass is 224 g/mol. The molecule has 1 nitrogen and oxygen atoms in total. The minimum atomic E-state index is 0.0954. The third-order valence-corrected chi connectivity index (χ3v) is 4.14. The Kier molecular flexibility index (Phi) is 4.85. The van der Waals surface area contributed by atoms with E-state index in [0.717, 1.165) is 19.4 Å². The average molecular weight is 225 g/mol. The van der Waals surface area contributed by atoms with Crippen LogP contribution in [0.5, 0.6) is 0 Å². The van der Waals surface area contributed by atoms with Gasteiger partial charge < -0.3 is 4.74 Å². The molecule has 0 aromatic rings. The van der Waals surface area contributed by atoms with E-state index in [0.29, 0.717) is 17.9 Å². The van der Waals surface area contributed by atoms with E-state index >= 15 is 0 Å². The first-order valence-electron chi connectivity index (χ1n) is 5.00. The van der Waals surface area contributed by atoms with Gasteiger partial charge in [-0.1, -0.05) is 6.92 Å². The molecule has 1 atom stereocenters. The van der Waals surface area contributed by atoms with Crippen molar-refractivity contribution in [1.29, 1.82) is 0 Å². The van der Waals surface area contributed by atoms with Crippen molar-refractivity contribution in [1.82, 2.24) is 0 Å². The Bertz CT molecular complexity index is 132. The summed E-state index contributed by atoms with van der Waals surface area (Å²) < 4.78 is 5.60. The van der Waals surface area contributed by atoms with Gasteiger partial charge in [-0.3, -0.25) is 0 Å². The van der Waals surface area contributed by atoms with Crippen LogP contribution in [0.3, 0.4) is 0 Å². The number of hydrogen-bond donors (Lipinski definition) is 0. The zero-order chi connectivity index (χ0) is 9.73. The van der Waals surface area contributed by atoms with Crippen molar-refractivity contribution in [3.63, 3.8) is 0 Å². The first-order chi connectivity index (χ1) is 6.26. The van der Waals surface area contributed by atoms with Gasteiger partial charge >= 0.3 is 0 Å². The molecule has 0 aromatic heterocycles. The molecular formula is C10H18Cl2O. The molecule has 1 unspecified atom stereocenters. The lowest BCUT2D eigenvalue weighted by atomic mass is 9.83. The normalized spacial score (nSPS) is 23.8. The molecule has 0 radical (unpaired) electrons. The van der Waals surface area contributed by atoms with Crippen LogP contribution >= 0.6 is 23.2 Å². The molecule has 1 heterocycles. The van der Waals surface area contributed by atoms with E-state index in [1.165, 1.54) is 12.8 Å². The van der Waals surface area contributed by atoms with Gasteiger partial charge in [-0.25, -0.2) is 0 Å². The zero-order valence-corrected chi connectivity index (χ0v) is 9.70. The molecule has 1 fully saturated rings. The summed E-state index contributed by atoms with van der Waals surface area (Å²) in [6.07, 6.45) is 4.83. The predicted octanol–water partition coefficient (Wildman–Crippen LogP) is 3.43. The maximum atomic E-state index is 5.96. The number of hydrogen-bond acceptors (Lipinski definition) is 1. The number of rotatable bonds is 5. The number of halogens is 2. The standard InChI is InChI=1S/C10H18Cl2O/c1-2-10(7-11,8-12)6-9-4-3-5-13-9/h9H,2-8H2,1H3. The fourth-order valence-electron chi connectivity index (χ4n) is 1.77. The van der Waals surface area contributed by atoms with Gasteiger partial charge in [-0.05, 0) is 31.1 Å². The van der Waals surface area contributed by atoms with Crippen LogP contribution in [0.15, 0.2) is 0 Å². The SMILES string of the molecule is CCC(CCl)(CCl)CC1CCCO1. The minimum absolute atomic E-state index is 0.0954. The summed E-state index contributed by atoms with van der Waals surface area (Å²) in [5.41, 5.74) is 0.0954. The molecule has 1 aliphatic heterocycles. The third-order valence-electron chi connectivity index (χ3n) is 3.00. The molecule has 1 saturated heterocycles. The van der Waals surface area contributed by atoms with E-state index in [-0.39, 0.29) is 5.41 Å². The van der Waals surface area contributed by atoms with Crippen LogP contribution in [0.2, 0.25) is 0 Å². The summed E-state index contributed by atoms with van der Waals surface area (Å²) in [4.78, 5) is 0. The highest BCUT2D eigenvalue weighted by Crippen LogP contribution is 2.34. The van der Waals surface area contributed by atoms with E-state index < -0.39 is 0 Å². The van der Waals surface area contributed by atoms with Gasteiger partial charge in [0, 0.05) is 18.4 Å². The smallest absolute Gasteiger partial charge is 0.0582 e. The minimum Gasteiger partial charge on any atom is -0.378 e. The lowest BCUT2D eigenvalue weighted by Gasteiger charge is -2.30. The van der Waals surface area contributed by atoms with Gasteiger partial charge in [-0.15, -0.1) is 23.2 Å². The molecule has 78 valence electrons. The maximum absolute atomic E-state index is 5.96. The van der Waals surface area contributed by atoms with Crippen LogP contribution in [0.4, 0.5) is 0 Å². The summed E-state index contributed by atoms with van der Waals surface area (Å²) in [7, 11) is 0. The molecule has 1 rings (SSSR count). The molecule has 0 bridgehead atoms. The van der Waals surface area contributed by atoms with Crippen molar-refractivity contribution in [2.75, 3.05) is 18.4 Å². The predicted molar refractivity (Wildman–Crippen MR) is 57.8 cm³/mol. The lowest BCUT2D eigenvalue weighted by molar-refractivity contribution is 0.0722. The van der Waals surface area contributed by atoms with E-state index in [9.17, 15) is 0 Å². The molecular weight excluding hydrogens is 207 g/mol. The molecule has 3 heteroatoms. The van der Waals surface area contributed by atoms with Gasteiger partial charge in [0.1, 0.15) is 0 Å². The van der Waals surface area contributed by atoms with Crippen molar-refractivity contribution in [2.24, 2.45) is 5.41 Å². The van der Waals surface area contributed by atoms with E-state index in [4.69, 9.17) is 27.9 Å². The summed E-state index contributed by atoms with van der Waals surface area (Å²) in [6, 6.07) is 0. The maximum Gasteiger partial charge on any atom is 0.0582 e. The van der Waals surface area contributed by atoms with Crippen molar-refractivity contribution in [3.8, 4) is 0 Å². The van der Waals surface area contributed by atoms with Crippen LogP contribution in [-0.4, -0.2) is 24.5 Å². The lowest BCUT2D eigenvalue weighted by Crippen LogP contribution is -2.29. The van der Waals surface area contributed by atoms with Crippen LogP contribution in [-0.2, 0) is 4.74 Å². The highest BCUT2D eigenvalue weighted by atomic mass is 35.5. The van der Waals surface area contributed by atoms with E-state index in [2.05, 4.69) is 6.92 Å². The second-order valence-electron chi connectivity index (χ2n) is 3.96. The Balaban J connectivity index is 2.44. The number of alkyl halides is 2. The summed E-state index contributed by atoms with van der Waals surface area (Å²) >= 11 is 11.9. The molecule has 0 saturated carbocycles. The summed E-state index contributed by atoms with van der Waals surface area (Å²) in [5, 5.41) is 0. The van der Waals surface area contributed by atoms with Gasteiger partial charge in [0.25, 0.3) is 0 Å². The summed E-state index contributed by atoms with van der Waals surface area (Å²) in [5.74, 6) is 1.29. The largest absolute Gasteiger partial charge is 0.378 e. The molecule has 0 spiro atoms. The number of ether oxygens (including phenoxy) is 1. The average Bonchev–Trinajstić information content (AvgIpc) is 2.67. The van der Waals surface area contributed by atoms with Crippen LogP contribution < -0.4 is 0 Å². The molecule has 0 N–H and O–H groups in total. The van der Waals surface area contributed by atoms with Crippen molar-refractivity contribution in [2.45, 2.75) is 38.7 Å². The fourth-order valence-corrected chi connectivity index (χ4v) is 2.65. The Morgan fingerprint density at radius 2 is 2.08 bits per heavy atom. The fraction of sp³-hybridized carbons (Fsp3) is 1.00. The highest BCUT2D eigenvalue weighted by molar-refractivity contribution is 6.21. The van der Waals surface area contributed by atoms with Gasteiger partial charge in [0.15, 0.2) is 0 Å². The van der Waals surface area contributed by atoms with E-state index in [1.54, 1.807) is 0 Å². The second-order valence-corrected chi connectivity index (χ2v) is 4.49. The van der Waals surface area contributed by atoms with Crippen LogP contribution in [0, 0.1) is 5.41 Å². The quantitative estimate of drug-likeness (QED) is 0.651. The topological polar surface area (TPSA) is 9.23 Å². The second kappa shape index (κ2) is 5.43. The van der Waals surface area contributed by atoms with Crippen molar-refractivity contribution < 1.29 is 4.74 Å². The molecule has 0 aliphatic carbocycles. The highest BCUT2D eigenvalue weighted by Gasteiger charge is 2.31. The van der Waals surface area contributed by atoms with Gasteiger partial charge in [-0.2, -0.15) is 0 Å². The summed E-state index contributed by atoms with van der Waals surface area (Å²) in [6.45, 7) is 3.06. The molecule has 1 aliphatic rings. The van der Waals surface area contributed by atoms with Crippen LogP contribution in [0.25, 0.3) is 0 Å². The molecule has 13 heavy (non-hydrogen) atoms. The molecule has 0 amide bonds.